The predicted octanol–water partition coefficient (Wildman–Crippen LogP) is 0.383. The highest BCUT2D eigenvalue weighted by Gasteiger charge is 2.23. The van der Waals surface area contributed by atoms with Crippen molar-refractivity contribution in [3.8, 4) is 0 Å². The highest BCUT2D eigenvalue weighted by atomic mass is 16.3. The summed E-state index contributed by atoms with van der Waals surface area (Å²) < 4.78 is 0. The summed E-state index contributed by atoms with van der Waals surface area (Å²) in [5.74, 6) is 0. The van der Waals surface area contributed by atoms with Gasteiger partial charge in [-0.1, -0.05) is 0 Å². The number of hydrogen-bond donors (Lipinski definition) is 3. The third-order valence-corrected chi connectivity index (χ3v) is 3.64. The van der Waals surface area contributed by atoms with E-state index in [1.807, 2.05) is 24.5 Å². The van der Waals surface area contributed by atoms with Crippen LogP contribution in [-0.4, -0.2) is 53.1 Å². The summed E-state index contributed by atoms with van der Waals surface area (Å²) in [5, 5.41) is 22.1. The maximum absolute atomic E-state index is 9.75. The van der Waals surface area contributed by atoms with Crippen LogP contribution in [0, 0.1) is 0 Å². The van der Waals surface area contributed by atoms with E-state index in [1.165, 1.54) is 5.69 Å². The molecule has 2 heterocycles. The summed E-state index contributed by atoms with van der Waals surface area (Å²) in [4.78, 5) is 6.38. The normalized spacial score (nSPS) is 20.3. The number of rotatable bonds is 5. The van der Waals surface area contributed by atoms with Gasteiger partial charge in [0.25, 0.3) is 0 Å². The van der Waals surface area contributed by atoms with Crippen LogP contribution in [0.25, 0.3) is 0 Å². The minimum Gasteiger partial charge on any atom is -0.393 e. The second-order valence-electron chi connectivity index (χ2n) is 5.50. The number of anilines is 1. The highest BCUT2D eigenvalue weighted by molar-refractivity contribution is 5.44. The lowest BCUT2D eigenvalue weighted by Gasteiger charge is -2.35. The molecule has 0 bridgehead atoms. The third-order valence-electron chi connectivity index (χ3n) is 3.64. The van der Waals surface area contributed by atoms with Gasteiger partial charge in [-0.2, -0.15) is 0 Å². The molecule has 1 aliphatic heterocycles. The molecule has 0 saturated carbocycles. The van der Waals surface area contributed by atoms with Gasteiger partial charge in [-0.15, -0.1) is 0 Å². The van der Waals surface area contributed by atoms with E-state index < -0.39 is 5.60 Å². The molecule has 0 radical (unpaired) electrons. The Bertz CT molecular complexity index is 376. The van der Waals surface area contributed by atoms with E-state index in [0.29, 0.717) is 12.6 Å². The van der Waals surface area contributed by atoms with Crippen molar-refractivity contribution in [3.05, 3.63) is 24.5 Å². The van der Waals surface area contributed by atoms with Gasteiger partial charge in [0.15, 0.2) is 0 Å². The number of aliphatic hydroxyl groups excluding tert-OH is 1. The fourth-order valence-electron chi connectivity index (χ4n) is 2.32. The lowest BCUT2D eigenvalue weighted by molar-refractivity contribution is 0.000215. The molecule has 0 aliphatic carbocycles. The Balaban J connectivity index is 1.77. The van der Waals surface area contributed by atoms with E-state index in [9.17, 15) is 5.11 Å². The van der Waals surface area contributed by atoms with Crippen LogP contribution in [0.1, 0.15) is 19.8 Å². The molecule has 0 amide bonds. The first-order chi connectivity index (χ1) is 9.11. The van der Waals surface area contributed by atoms with Crippen LogP contribution in [-0.2, 0) is 0 Å². The van der Waals surface area contributed by atoms with E-state index in [0.717, 1.165) is 25.9 Å². The minimum atomic E-state index is -1.03. The summed E-state index contributed by atoms with van der Waals surface area (Å²) in [6.45, 7) is 3.87. The van der Waals surface area contributed by atoms with Crippen LogP contribution < -0.4 is 10.2 Å². The maximum atomic E-state index is 9.75. The largest absolute Gasteiger partial charge is 0.393 e. The Morgan fingerprint density at radius 1 is 1.37 bits per heavy atom. The fraction of sp³-hybridized carbons (Fsp3) is 0.643. The molecule has 5 heteroatoms. The predicted molar refractivity (Wildman–Crippen MR) is 75.2 cm³/mol. The number of nitrogens with zero attached hydrogens (tertiary/aromatic N) is 2. The molecule has 0 spiro atoms. The summed E-state index contributed by atoms with van der Waals surface area (Å²) in [7, 11) is 0. The first-order valence-electron chi connectivity index (χ1n) is 6.82. The van der Waals surface area contributed by atoms with Crippen LogP contribution in [0.4, 0.5) is 5.69 Å². The van der Waals surface area contributed by atoms with Crippen LogP contribution in [0.3, 0.4) is 0 Å². The van der Waals surface area contributed by atoms with Crippen molar-refractivity contribution >= 4 is 5.69 Å². The van der Waals surface area contributed by atoms with Crippen molar-refractivity contribution in [2.24, 2.45) is 0 Å². The number of aromatic nitrogens is 1. The van der Waals surface area contributed by atoms with Crippen LogP contribution >= 0.6 is 0 Å². The number of nitrogens with one attached hydrogen (secondary N) is 1. The SMILES string of the molecule is CC(O)(CO)CNC1CCN(c2ccncc2)CC1. The molecule has 5 nitrogen and oxygen atoms in total. The van der Waals surface area contributed by atoms with Gasteiger partial charge in [0.1, 0.15) is 0 Å². The molecular weight excluding hydrogens is 242 g/mol. The standard InChI is InChI=1S/C14H23N3O2/c1-14(19,11-18)10-16-12-4-8-17(9-5-12)13-2-6-15-7-3-13/h2-3,6-7,12,16,18-19H,4-5,8-11H2,1H3. The van der Waals surface area contributed by atoms with Gasteiger partial charge in [-0.05, 0) is 31.9 Å². The quantitative estimate of drug-likeness (QED) is 0.718. The maximum Gasteiger partial charge on any atom is 0.0972 e. The average molecular weight is 265 g/mol. The molecule has 1 aliphatic rings. The second kappa shape index (κ2) is 6.32. The van der Waals surface area contributed by atoms with Gasteiger partial charge in [0.2, 0.25) is 0 Å². The van der Waals surface area contributed by atoms with Crippen molar-refractivity contribution in [1.82, 2.24) is 10.3 Å². The fourth-order valence-corrected chi connectivity index (χ4v) is 2.32. The van der Waals surface area contributed by atoms with Crippen molar-refractivity contribution in [2.75, 3.05) is 31.1 Å². The lowest BCUT2D eigenvalue weighted by atomic mass is 10.0. The van der Waals surface area contributed by atoms with Gasteiger partial charge in [-0.3, -0.25) is 4.98 Å². The van der Waals surface area contributed by atoms with Crippen molar-refractivity contribution < 1.29 is 10.2 Å². The van der Waals surface area contributed by atoms with E-state index in [4.69, 9.17) is 5.11 Å². The van der Waals surface area contributed by atoms with Crippen LogP contribution in [0.15, 0.2) is 24.5 Å². The number of pyridine rings is 1. The van der Waals surface area contributed by atoms with Crippen LogP contribution in [0.5, 0.6) is 0 Å². The molecular formula is C14H23N3O2. The van der Waals surface area contributed by atoms with Gasteiger partial charge < -0.3 is 20.4 Å². The number of aliphatic hydroxyl groups is 2. The van der Waals surface area contributed by atoms with E-state index in [-0.39, 0.29) is 6.61 Å². The molecule has 2 rings (SSSR count). The number of hydrogen-bond acceptors (Lipinski definition) is 5. The smallest absolute Gasteiger partial charge is 0.0972 e. The van der Waals surface area contributed by atoms with E-state index in [1.54, 1.807) is 6.92 Å². The molecule has 1 atom stereocenters. The molecule has 0 aromatic carbocycles. The molecule has 1 saturated heterocycles. The average Bonchev–Trinajstić information content (AvgIpc) is 2.47. The zero-order chi connectivity index (χ0) is 13.7. The zero-order valence-corrected chi connectivity index (χ0v) is 11.4. The molecule has 1 fully saturated rings. The molecule has 106 valence electrons. The lowest BCUT2D eigenvalue weighted by Crippen LogP contribution is -2.48. The monoisotopic (exact) mass is 265 g/mol. The highest BCUT2D eigenvalue weighted by Crippen LogP contribution is 2.19. The zero-order valence-electron chi connectivity index (χ0n) is 11.4. The van der Waals surface area contributed by atoms with E-state index in [2.05, 4.69) is 15.2 Å². The van der Waals surface area contributed by atoms with E-state index >= 15 is 0 Å². The van der Waals surface area contributed by atoms with Crippen molar-refractivity contribution in [3.63, 3.8) is 0 Å². The first kappa shape index (κ1) is 14.2. The van der Waals surface area contributed by atoms with Gasteiger partial charge in [0.05, 0.1) is 12.2 Å². The summed E-state index contributed by atoms with van der Waals surface area (Å²) in [6.07, 6.45) is 5.73. The third kappa shape index (κ3) is 4.16. The number of piperidine rings is 1. The van der Waals surface area contributed by atoms with Crippen LogP contribution in [0.2, 0.25) is 0 Å². The molecule has 1 unspecified atom stereocenters. The molecule has 1 aromatic rings. The molecule has 1 aromatic heterocycles. The Labute approximate surface area is 114 Å². The Hall–Kier alpha value is -1.17. The molecule has 19 heavy (non-hydrogen) atoms. The summed E-state index contributed by atoms with van der Waals surface area (Å²) >= 11 is 0. The second-order valence-corrected chi connectivity index (χ2v) is 5.50. The van der Waals surface area contributed by atoms with Gasteiger partial charge in [-0.25, -0.2) is 0 Å². The first-order valence-corrected chi connectivity index (χ1v) is 6.82. The van der Waals surface area contributed by atoms with Gasteiger partial charge >= 0.3 is 0 Å². The summed E-state index contributed by atoms with van der Waals surface area (Å²) in [6, 6.07) is 4.48. The van der Waals surface area contributed by atoms with Gasteiger partial charge in [0, 0.05) is 43.8 Å². The topological polar surface area (TPSA) is 68.6 Å². The van der Waals surface area contributed by atoms with Crippen molar-refractivity contribution in [1.29, 1.82) is 0 Å². The molecule has 3 N–H and O–H groups in total. The Morgan fingerprint density at radius 3 is 2.58 bits per heavy atom. The Morgan fingerprint density at radius 2 is 2.00 bits per heavy atom. The summed E-state index contributed by atoms with van der Waals surface area (Å²) in [5.41, 5.74) is 0.193. The Kier molecular flexibility index (Phi) is 4.74. The minimum absolute atomic E-state index is 0.212. The van der Waals surface area contributed by atoms with Crippen molar-refractivity contribution in [2.45, 2.75) is 31.4 Å².